The summed E-state index contributed by atoms with van der Waals surface area (Å²) in [6.07, 6.45) is 3.00. The summed E-state index contributed by atoms with van der Waals surface area (Å²) in [5.74, 6) is 0.227. The average Bonchev–Trinajstić information content (AvgIpc) is 3.16. The van der Waals surface area contributed by atoms with E-state index in [9.17, 15) is 9.59 Å². The summed E-state index contributed by atoms with van der Waals surface area (Å²) in [7, 11) is 0. The van der Waals surface area contributed by atoms with E-state index in [2.05, 4.69) is 26.1 Å². The molecule has 0 atom stereocenters. The fourth-order valence-corrected chi connectivity index (χ4v) is 3.17. The van der Waals surface area contributed by atoms with Gasteiger partial charge in [-0.05, 0) is 48.1 Å². The summed E-state index contributed by atoms with van der Waals surface area (Å²) in [6, 6.07) is 11.3. The number of amides is 2. The number of likely N-dealkylation sites (tertiary alicyclic amines) is 1. The third-order valence-corrected chi connectivity index (χ3v) is 4.86. The smallest absolute Gasteiger partial charge is 0.289 e. The maximum absolute atomic E-state index is 12.5. The molecule has 1 aromatic heterocycles. The lowest BCUT2D eigenvalue weighted by atomic mass is 9.86. The molecule has 5 heteroatoms. The molecule has 2 aromatic rings. The van der Waals surface area contributed by atoms with Crippen molar-refractivity contribution in [3.63, 3.8) is 0 Å². The zero-order valence-corrected chi connectivity index (χ0v) is 15.6. The van der Waals surface area contributed by atoms with Crippen LogP contribution in [0.2, 0.25) is 0 Å². The van der Waals surface area contributed by atoms with E-state index >= 15 is 0 Å². The lowest BCUT2D eigenvalue weighted by molar-refractivity contribution is 0.0667. The largest absolute Gasteiger partial charge is 0.459 e. The SMILES string of the molecule is CC(C)(C)c1ccc(C(=O)NC2CCN(C(=O)c3ccco3)CC2)cc1. The highest BCUT2D eigenvalue weighted by atomic mass is 16.3. The van der Waals surface area contributed by atoms with E-state index < -0.39 is 0 Å². The number of rotatable bonds is 3. The molecular formula is C21H26N2O3. The molecule has 0 bridgehead atoms. The van der Waals surface area contributed by atoms with E-state index in [0.717, 1.165) is 12.8 Å². The van der Waals surface area contributed by atoms with Crippen LogP contribution in [0.1, 0.15) is 60.1 Å². The molecule has 3 rings (SSSR count). The van der Waals surface area contributed by atoms with Crippen molar-refractivity contribution in [3.05, 3.63) is 59.5 Å². The number of nitrogens with zero attached hydrogens (tertiary/aromatic N) is 1. The quantitative estimate of drug-likeness (QED) is 0.916. The Hall–Kier alpha value is -2.56. The fourth-order valence-electron chi connectivity index (χ4n) is 3.17. The molecule has 0 aliphatic carbocycles. The van der Waals surface area contributed by atoms with Gasteiger partial charge in [-0.2, -0.15) is 0 Å². The minimum atomic E-state index is -0.0856. The van der Waals surface area contributed by atoms with E-state index in [1.54, 1.807) is 17.0 Å². The first kappa shape index (κ1) is 18.2. The van der Waals surface area contributed by atoms with Crippen LogP contribution in [0, 0.1) is 0 Å². The number of furan rings is 1. The Bertz CT molecular complexity index is 750. The summed E-state index contributed by atoms with van der Waals surface area (Å²) in [5.41, 5.74) is 1.95. The van der Waals surface area contributed by atoms with E-state index in [1.165, 1.54) is 11.8 Å². The van der Waals surface area contributed by atoms with Crippen molar-refractivity contribution in [2.75, 3.05) is 13.1 Å². The summed E-state index contributed by atoms with van der Waals surface area (Å²) in [6.45, 7) is 7.69. The number of nitrogens with one attached hydrogen (secondary N) is 1. The van der Waals surface area contributed by atoms with Gasteiger partial charge in [0.15, 0.2) is 5.76 Å². The highest BCUT2D eigenvalue weighted by Gasteiger charge is 2.26. The van der Waals surface area contributed by atoms with Crippen LogP contribution in [0.4, 0.5) is 0 Å². The van der Waals surface area contributed by atoms with Gasteiger partial charge in [-0.15, -0.1) is 0 Å². The van der Waals surface area contributed by atoms with Gasteiger partial charge in [0.2, 0.25) is 0 Å². The molecule has 1 N–H and O–H groups in total. The van der Waals surface area contributed by atoms with Gasteiger partial charge in [-0.25, -0.2) is 0 Å². The number of benzene rings is 1. The number of hydrogen-bond acceptors (Lipinski definition) is 3. The standard InChI is InChI=1S/C21H26N2O3/c1-21(2,3)16-8-6-15(7-9-16)19(24)22-17-10-12-23(13-11-17)20(25)18-5-4-14-26-18/h4-9,14,17H,10-13H2,1-3H3,(H,22,24). The summed E-state index contributed by atoms with van der Waals surface area (Å²) in [5, 5.41) is 3.09. The van der Waals surface area contributed by atoms with Crippen LogP contribution in [-0.2, 0) is 5.41 Å². The molecule has 26 heavy (non-hydrogen) atoms. The molecule has 0 unspecified atom stereocenters. The molecular weight excluding hydrogens is 328 g/mol. The second-order valence-corrected chi connectivity index (χ2v) is 7.84. The molecule has 5 nitrogen and oxygen atoms in total. The lowest BCUT2D eigenvalue weighted by Gasteiger charge is -2.32. The molecule has 1 fully saturated rings. The highest BCUT2D eigenvalue weighted by molar-refractivity contribution is 5.94. The Kier molecular flexibility index (Phi) is 5.16. The average molecular weight is 354 g/mol. The lowest BCUT2D eigenvalue weighted by Crippen LogP contribution is -2.46. The molecule has 0 saturated carbocycles. The monoisotopic (exact) mass is 354 g/mol. The predicted octanol–water partition coefficient (Wildman–Crippen LogP) is 3.61. The van der Waals surface area contributed by atoms with Crippen molar-refractivity contribution >= 4 is 11.8 Å². The number of carbonyl (C=O) groups is 2. The minimum Gasteiger partial charge on any atom is -0.459 e. The van der Waals surface area contributed by atoms with Gasteiger partial charge in [0.05, 0.1) is 6.26 Å². The van der Waals surface area contributed by atoms with Crippen LogP contribution in [-0.4, -0.2) is 35.8 Å². The van der Waals surface area contributed by atoms with Crippen LogP contribution in [0.25, 0.3) is 0 Å². The van der Waals surface area contributed by atoms with E-state index in [-0.39, 0.29) is 23.3 Å². The third kappa shape index (κ3) is 4.15. The number of carbonyl (C=O) groups excluding carboxylic acids is 2. The van der Waals surface area contributed by atoms with E-state index in [1.807, 2.05) is 24.3 Å². The first-order valence-electron chi connectivity index (χ1n) is 9.09. The van der Waals surface area contributed by atoms with Crippen molar-refractivity contribution in [3.8, 4) is 0 Å². The van der Waals surface area contributed by atoms with E-state index in [4.69, 9.17) is 4.42 Å². The van der Waals surface area contributed by atoms with Crippen LogP contribution < -0.4 is 5.32 Å². The minimum absolute atomic E-state index is 0.0544. The molecule has 1 aliphatic heterocycles. The molecule has 0 spiro atoms. The Morgan fingerprint density at radius 2 is 1.73 bits per heavy atom. The van der Waals surface area contributed by atoms with Crippen LogP contribution in [0.3, 0.4) is 0 Å². The Balaban J connectivity index is 1.53. The van der Waals surface area contributed by atoms with Gasteiger partial charge in [-0.3, -0.25) is 9.59 Å². The van der Waals surface area contributed by atoms with Crippen LogP contribution in [0.5, 0.6) is 0 Å². The van der Waals surface area contributed by atoms with Crippen LogP contribution >= 0.6 is 0 Å². The number of piperidine rings is 1. The Morgan fingerprint density at radius 1 is 1.08 bits per heavy atom. The maximum Gasteiger partial charge on any atom is 0.289 e. The van der Waals surface area contributed by atoms with Crippen molar-refractivity contribution < 1.29 is 14.0 Å². The second-order valence-electron chi connectivity index (χ2n) is 7.84. The Morgan fingerprint density at radius 3 is 2.27 bits per heavy atom. The van der Waals surface area contributed by atoms with Crippen LogP contribution in [0.15, 0.2) is 47.1 Å². The molecule has 1 aromatic carbocycles. The summed E-state index contributed by atoms with van der Waals surface area (Å²) < 4.78 is 5.17. The predicted molar refractivity (Wildman–Crippen MR) is 100 cm³/mol. The normalized spacial score (nSPS) is 15.7. The topological polar surface area (TPSA) is 62.6 Å². The maximum atomic E-state index is 12.5. The Labute approximate surface area is 154 Å². The van der Waals surface area contributed by atoms with Gasteiger partial charge < -0.3 is 14.6 Å². The van der Waals surface area contributed by atoms with Gasteiger partial charge in [0.25, 0.3) is 11.8 Å². The third-order valence-electron chi connectivity index (χ3n) is 4.86. The highest BCUT2D eigenvalue weighted by Crippen LogP contribution is 2.22. The van der Waals surface area contributed by atoms with Crippen molar-refractivity contribution in [1.82, 2.24) is 10.2 Å². The van der Waals surface area contributed by atoms with Crippen molar-refractivity contribution in [2.24, 2.45) is 0 Å². The van der Waals surface area contributed by atoms with E-state index in [0.29, 0.717) is 24.4 Å². The zero-order valence-electron chi connectivity index (χ0n) is 15.6. The van der Waals surface area contributed by atoms with Crippen molar-refractivity contribution in [2.45, 2.75) is 45.1 Å². The molecule has 1 aliphatic rings. The summed E-state index contributed by atoms with van der Waals surface area (Å²) in [4.78, 5) is 26.5. The zero-order chi connectivity index (χ0) is 18.7. The second kappa shape index (κ2) is 7.36. The summed E-state index contributed by atoms with van der Waals surface area (Å²) >= 11 is 0. The number of hydrogen-bond donors (Lipinski definition) is 1. The molecule has 0 radical (unpaired) electrons. The first-order chi connectivity index (χ1) is 12.3. The van der Waals surface area contributed by atoms with Gasteiger partial charge in [0, 0.05) is 24.7 Å². The first-order valence-corrected chi connectivity index (χ1v) is 9.09. The fraction of sp³-hybridized carbons (Fsp3) is 0.429. The van der Waals surface area contributed by atoms with Gasteiger partial charge >= 0.3 is 0 Å². The van der Waals surface area contributed by atoms with Gasteiger partial charge in [0.1, 0.15) is 0 Å². The van der Waals surface area contributed by atoms with Crippen molar-refractivity contribution in [1.29, 1.82) is 0 Å². The molecule has 1 saturated heterocycles. The molecule has 138 valence electrons. The van der Waals surface area contributed by atoms with Gasteiger partial charge in [-0.1, -0.05) is 32.9 Å². The molecule has 2 amide bonds. The molecule has 2 heterocycles.